The summed E-state index contributed by atoms with van der Waals surface area (Å²) < 4.78 is 5.25. The van der Waals surface area contributed by atoms with Crippen molar-refractivity contribution in [3.8, 4) is 0 Å². The number of hydrogen-bond acceptors (Lipinski definition) is 2. The molecule has 1 aliphatic heterocycles. The van der Waals surface area contributed by atoms with E-state index >= 15 is 0 Å². The van der Waals surface area contributed by atoms with Crippen molar-refractivity contribution in [1.82, 2.24) is 4.90 Å². The fraction of sp³-hybridized carbons (Fsp3) is 0.538. The lowest BCUT2D eigenvalue weighted by molar-refractivity contribution is 0.112. The molecular formula is C13H19NO. The van der Waals surface area contributed by atoms with Gasteiger partial charge in [0.2, 0.25) is 0 Å². The first kappa shape index (κ1) is 10.7. The molecule has 0 aliphatic carbocycles. The maximum atomic E-state index is 5.25. The Kier molecular flexibility index (Phi) is 3.75. The molecular weight excluding hydrogens is 186 g/mol. The van der Waals surface area contributed by atoms with E-state index < -0.39 is 0 Å². The number of rotatable bonds is 4. The van der Waals surface area contributed by atoms with E-state index in [1.807, 2.05) is 0 Å². The molecule has 0 aromatic heterocycles. The Morgan fingerprint density at radius 3 is 2.87 bits per heavy atom. The van der Waals surface area contributed by atoms with Gasteiger partial charge in [-0.15, -0.1) is 0 Å². The number of hydrogen-bond donors (Lipinski definition) is 0. The van der Waals surface area contributed by atoms with Crippen molar-refractivity contribution in [2.75, 3.05) is 20.3 Å². The van der Waals surface area contributed by atoms with Crippen molar-refractivity contribution >= 4 is 0 Å². The summed E-state index contributed by atoms with van der Waals surface area (Å²) in [7, 11) is 1.79. The third-order valence-corrected chi connectivity index (χ3v) is 3.09. The number of methoxy groups -OCH3 is 1. The smallest absolute Gasteiger partial charge is 0.0618 e. The molecule has 2 rings (SSSR count). The number of benzene rings is 1. The van der Waals surface area contributed by atoms with Gasteiger partial charge in [-0.25, -0.2) is 0 Å². The summed E-state index contributed by atoms with van der Waals surface area (Å²) in [4.78, 5) is 2.53. The van der Waals surface area contributed by atoms with Crippen molar-refractivity contribution in [2.45, 2.75) is 25.4 Å². The molecule has 15 heavy (non-hydrogen) atoms. The maximum Gasteiger partial charge on any atom is 0.0618 e. The van der Waals surface area contributed by atoms with Crippen LogP contribution in [-0.4, -0.2) is 31.2 Å². The highest BCUT2D eigenvalue weighted by Crippen LogP contribution is 2.19. The van der Waals surface area contributed by atoms with Crippen molar-refractivity contribution in [2.24, 2.45) is 0 Å². The molecule has 1 heterocycles. The fourth-order valence-electron chi connectivity index (χ4n) is 2.30. The first-order valence-electron chi connectivity index (χ1n) is 5.67. The molecule has 2 heteroatoms. The molecule has 0 radical (unpaired) electrons. The van der Waals surface area contributed by atoms with E-state index in [1.165, 1.54) is 24.9 Å². The van der Waals surface area contributed by atoms with Crippen molar-refractivity contribution in [1.29, 1.82) is 0 Å². The molecule has 1 atom stereocenters. The van der Waals surface area contributed by atoms with Crippen LogP contribution in [0.25, 0.3) is 0 Å². The predicted molar refractivity (Wildman–Crippen MR) is 61.8 cm³/mol. The Morgan fingerprint density at radius 2 is 2.13 bits per heavy atom. The standard InChI is InChI=1S/C13H19NO/c1-15-11-13-8-5-9-14(13)10-12-6-3-2-4-7-12/h2-4,6-7,13H,5,8-11H2,1H3/t13-/m0/s1. The second kappa shape index (κ2) is 5.29. The second-order valence-electron chi connectivity index (χ2n) is 4.21. The Labute approximate surface area is 91.9 Å². The average molecular weight is 205 g/mol. The molecule has 0 bridgehead atoms. The first-order valence-corrected chi connectivity index (χ1v) is 5.67. The topological polar surface area (TPSA) is 12.5 Å². The highest BCUT2D eigenvalue weighted by Gasteiger charge is 2.23. The Bertz CT molecular complexity index is 286. The summed E-state index contributed by atoms with van der Waals surface area (Å²) >= 11 is 0. The van der Waals surface area contributed by atoms with Crippen LogP contribution in [0.1, 0.15) is 18.4 Å². The van der Waals surface area contributed by atoms with E-state index in [9.17, 15) is 0 Å². The lowest BCUT2D eigenvalue weighted by Crippen LogP contribution is -2.32. The van der Waals surface area contributed by atoms with Crippen LogP contribution >= 0.6 is 0 Å². The van der Waals surface area contributed by atoms with Crippen LogP contribution in [0.5, 0.6) is 0 Å². The van der Waals surface area contributed by atoms with Crippen LogP contribution in [0.4, 0.5) is 0 Å². The van der Waals surface area contributed by atoms with Gasteiger partial charge in [-0.3, -0.25) is 4.90 Å². The van der Waals surface area contributed by atoms with E-state index in [0.29, 0.717) is 6.04 Å². The van der Waals surface area contributed by atoms with Crippen molar-refractivity contribution < 1.29 is 4.74 Å². The zero-order valence-corrected chi connectivity index (χ0v) is 9.36. The summed E-state index contributed by atoms with van der Waals surface area (Å²) in [6.45, 7) is 3.14. The minimum Gasteiger partial charge on any atom is -0.383 e. The van der Waals surface area contributed by atoms with Gasteiger partial charge in [0.05, 0.1) is 6.61 Å². The van der Waals surface area contributed by atoms with Crippen LogP contribution in [0, 0.1) is 0 Å². The summed E-state index contributed by atoms with van der Waals surface area (Å²) in [5, 5.41) is 0. The molecule has 0 spiro atoms. The summed E-state index contributed by atoms with van der Waals surface area (Å²) in [6.07, 6.45) is 2.58. The quantitative estimate of drug-likeness (QED) is 0.748. The van der Waals surface area contributed by atoms with Crippen molar-refractivity contribution in [3.05, 3.63) is 35.9 Å². The largest absolute Gasteiger partial charge is 0.383 e. The molecule has 2 nitrogen and oxygen atoms in total. The lowest BCUT2D eigenvalue weighted by atomic mass is 10.2. The van der Waals surface area contributed by atoms with Gasteiger partial charge in [-0.2, -0.15) is 0 Å². The van der Waals surface area contributed by atoms with E-state index in [-0.39, 0.29) is 0 Å². The van der Waals surface area contributed by atoms with Gasteiger partial charge >= 0.3 is 0 Å². The van der Waals surface area contributed by atoms with E-state index in [2.05, 4.69) is 35.2 Å². The molecule has 0 saturated carbocycles. The highest BCUT2D eigenvalue weighted by molar-refractivity contribution is 5.14. The molecule has 1 aromatic rings. The third kappa shape index (κ3) is 2.80. The lowest BCUT2D eigenvalue weighted by Gasteiger charge is -2.23. The Morgan fingerprint density at radius 1 is 1.33 bits per heavy atom. The Hall–Kier alpha value is -0.860. The van der Waals surface area contributed by atoms with Crippen molar-refractivity contribution in [3.63, 3.8) is 0 Å². The Balaban J connectivity index is 1.93. The van der Waals surface area contributed by atoms with Crippen LogP contribution in [0.15, 0.2) is 30.3 Å². The zero-order valence-electron chi connectivity index (χ0n) is 9.36. The maximum absolute atomic E-state index is 5.25. The van der Waals surface area contributed by atoms with Gasteiger partial charge in [-0.05, 0) is 24.9 Å². The number of nitrogens with zero attached hydrogens (tertiary/aromatic N) is 1. The van der Waals surface area contributed by atoms with Crippen LogP contribution < -0.4 is 0 Å². The monoisotopic (exact) mass is 205 g/mol. The minimum absolute atomic E-state index is 0.621. The summed E-state index contributed by atoms with van der Waals surface area (Å²) in [5.41, 5.74) is 1.40. The fourth-order valence-corrected chi connectivity index (χ4v) is 2.30. The van der Waals surface area contributed by atoms with Gasteiger partial charge in [0, 0.05) is 19.7 Å². The predicted octanol–water partition coefficient (Wildman–Crippen LogP) is 2.30. The minimum atomic E-state index is 0.621. The van der Waals surface area contributed by atoms with E-state index in [0.717, 1.165) is 13.2 Å². The highest BCUT2D eigenvalue weighted by atomic mass is 16.5. The van der Waals surface area contributed by atoms with Gasteiger partial charge in [0.25, 0.3) is 0 Å². The van der Waals surface area contributed by atoms with E-state index in [4.69, 9.17) is 4.74 Å². The molecule has 1 aliphatic rings. The number of likely N-dealkylation sites (tertiary alicyclic amines) is 1. The molecule has 0 N–H and O–H groups in total. The van der Waals surface area contributed by atoms with Gasteiger partial charge < -0.3 is 4.74 Å². The molecule has 0 amide bonds. The van der Waals surface area contributed by atoms with Crippen LogP contribution in [0.2, 0.25) is 0 Å². The number of ether oxygens (including phenoxy) is 1. The summed E-state index contributed by atoms with van der Waals surface area (Å²) in [5.74, 6) is 0. The van der Waals surface area contributed by atoms with Gasteiger partial charge in [0.1, 0.15) is 0 Å². The SMILES string of the molecule is COC[C@@H]1CCCN1Cc1ccccc1. The normalized spacial score (nSPS) is 22.1. The summed E-state index contributed by atoms with van der Waals surface area (Å²) in [6, 6.07) is 11.3. The molecule has 0 unspecified atom stereocenters. The second-order valence-corrected chi connectivity index (χ2v) is 4.21. The molecule has 1 fully saturated rings. The van der Waals surface area contributed by atoms with Gasteiger partial charge in [-0.1, -0.05) is 30.3 Å². The van der Waals surface area contributed by atoms with Crippen LogP contribution in [-0.2, 0) is 11.3 Å². The molecule has 82 valence electrons. The average Bonchev–Trinajstić information content (AvgIpc) is 2.68. The zero-order chi connectivity index (χ0) is 10.5. The molecule has 1 saturated heterocycles. The van der Waals surface area contributed by atoms with Gasteiger partial charge in [0.15, 0.2) is 0 Å². The van der Waals surface area contributed by atoms with Crippen LogP contribution in [0.3, 0.4) is 0 Å². The third-order valence-electron chi connectivity index (χ3n) is 3.09. The van der Waals surface area contributed by atoms with E-state index in [1.54, 1.807) is 7.11 Å². The first-order chi connectivity index (χ1) is 7.40. The molecule has 1 aromatic carbocycles.